The number of carbonyl (C=O) groups excluding carboxylic acids is 3. The third-order valence-electron chi connectivity index (χ3n) is 5.14. The summed E-state index contributed by atoms with van der Waals surface area (Å²) in [6.07, 6.45) is -0.489. The molecule has 0 saturated heterocycles. The molecule has 0 fully saturated rings. The number of carbonyl (C=O) groups is 3. The predicted molar refractivity (Wildman–Crippen MR) is 132 cm³/mol. The number of ether oxygens (including phenoxy) is 3. The molecule has 0 saturated carbocycles. The van der Waals surface area contributed by atoms with Gasteiger partial charge in [-0.2, -0.15) is 0 Å². The Balaban J connectivity index is 1.84. The van der Waals surface area contributed by atoms with E-state index < -0.39 is 18.0 Å². The van der Waals surface area contributed by atoms with Crippen LogP contribution in [0.5, 0.6) is 11.5 Å². The first-order valence-electron chi connectivity index (χ1n) is 10.8. The van der Waals surface area contributed by atoms with Gasteiger partial charge in [-0.15, -0.1) is 0 Å². The van der Waals surface area contributed by atoms with Crippen LogP contribution < -0.4 is 25.4 Å². The van der Waals surface area contributed by atoms with Gasteiger partial charge in [0.05, 0.1) is 32.7 Å². The highest BCUT2D eigenvalue weighted by Crippen LogP contribution is 2.36. The molecule has 0 radical (unpaired) electrons. The number of amides is 3. The van der Waals surface area contributed by atoms with Crippen molar-refractivity contribution in [2.24, 2.45) is 0 Å². The Hall–Kier alpha value is -4.53. The molecule has 3 aromatic carbocycles. The smallest absolute Gasteiger partial charge is 0.407 e. The minimum atomic E-state index is -0.919. The molecule has 0 bridgehead atoms. The Kier molecular flexibility index (Phi) is 8.66. The van der Waals surface area contributed by atoms with Crippen molar-refractivity contribution < 1.29 is 28.6 Å². The third-order valence-corrected chi connectivity index (χ3v) is 5.14. The fourth-order valence-electron chi connectivity index (χ4n) is 3.36. The topological polar surface area (TPSA) is 115 Å². The van der Waals surface area contributed by atoms with Crippen molar-refractivity contribution in [1.29, 1.82) is 0 Å². The van der Waals surface area contributed by atoms with E-state index in [1.54, 1.807) is 30.3 Å². The van der Waals surface area contributed by atoms with Gasteiger partial charge in [0.1, 0.15) is 17.5 Å². The molecule has 0 aliphatic carbocycles. The lowest BCUT2D eigenvalue weighted by molar-refractivity contribution is -0.118. The molecule has 182 valence electrons. The average Bonchev–Trinajstić information content (AvgIpc) is 2.89. The molecule has 35 heavy (non-hydrogen) atoms. The van der Waals surface area contributed by atoms with E-state index in [9.17, 15) is 14.4 Å². The van der Waals surface area contributed by atoms with E-state index in [0.29, 0.717) is 28.4 Å². The molecule has 3 aromatic rings. The number of rotatable bonds is 9. The summed E-state index contributed by atoms with van der Waals surface area (Å²) in [7, 11) is 4.11. The highest BCUT2D eigenvalue weighted by molar-refractivity contribution is 6.06. The van der Waals surface area contributed by atoms with E-state index in [4.69, 9.17) is 9.47 Å². The molecule has 0 aliphatic heterocycles. The van der Waals surface area contributed by atoms with Crippen molar-refractivity contribution in [3.05, 3.63) is 83.9 Å². The lowest BCUT2D eigenvalue weighted by Gasteiger charge is -2.20. The van der Waals surface area contributed by atoms with Gasteiger partial charge in [0.25, 0.3) is 5.91 Å². The summed E-state index contributed by atoms with van der Waals surface area (Å²) in [4.78, 5) is 37.6. The van der Waals surface area contributed by atoms with Crippen LogP contribution in [0.15, 0.2) is 72.8 Å². The molecule has 9 nitrogen and oxygen atoms in total. The van der Waals surface area contributed by atoms with Crippen molar-refractivity contribution in [2.45, 2.75) is 12.5 Å². The molecule has 3 N–H and O–H groups in total. The van der Waals surface area contributed by atoms with Crippen molar-refractivity contribution in [3.8, 4) is 11.5 Å². The second kappa shape index (κ2) is 12.1. The van der Waals surface area contributed by atoms with Crippen LogP contribution in [0.1, 0.15) is 15.9 Å². The fourth-order valence-corrected chi connectivity index (χ4v) is 3.36. The monoisotopic (exact) mass is 477 g/mol. The van der Waals surface area contributed by atoms with Gasteiger partial charge in [-0.05, 0) is 17.7 Å². The van der Waals surface area contributed by atoms with Crippen LogP contribution in [-0.4, -0.2) is 45.3 Å². The van der Waals surface area contributed by atoms with Gasteiger partial charge < -0.3 is 30.2 Å². The number of benzene rings is 3. The minimum absolute atomic E-state index is 0.243. The number of hydrogen-bond donors (Lipinski definition) is 3. The number of hydrogen-bond acceptors (Lipinski definition) is 6. The van der Waals surface area contributed by atoms with E-state index in [1.807, 2.05) is 36.4 Å². The van der Waals surface area contributed by atoms with E-state index >= 15 is 0 Å². The quantitative estimate of drug-likeness (QED) is 0.431. The molecular formula is C26H27N3O6. The Morgan fingerprint density at radius 3 is 1.86 bits per heavy atom. The van der Waals surface area contributed by atoms with E-state index in [0.717, 1.165) is 5.56 Å². The van der Waals surface area contributed by atoms with Gasteiger partial charge in [0.2, 0.25) is 5.91 Å². The maximum Gasteiger partial charge on any atom is 0.407 e. The van der Waals surface area contributed by atoms with E-state index in [1.165, 1.54) is 27.4 Å². The van der Waals surface area contributed by atoms with Gasteiger partial charge in [-0.1, -0.05) is 48.5 Å². The number of nitrogens with one attached hydrogen (secondary N) is 3. The molecule has 0 aromatic heterocycles. The largest absolute Gasteiger partial charge is 0.494 e. The fraction of sp³-hybridized carbons (Fsp3) is 0.192. The van der Waals surface area contributed by atoms with Crippen LogP contribution in [0.25, 0.3) is 0 Å². The van der Waals surface area contributed by atoms with E-state index in [2.05, 4.69) is 20.7 Å². The van der Waals surface area contributed by atoms with Crippen LogP contribution >= 0.6 is 0 Å². The maximum atomic E-state index is 13.1. The van der Waals surface area contributed by atoms with Crippen LogP contribution in [0, 0.1) is 0 Å². The van der Waals surface area contributed by atoms with Crippen LogP contribution in [0.3, 0.4) is 0 Å². The molecule has 3 amide bonds. The van der Waals surface area contributed by atoms with Gasteiger partial charge in [0.15, 0.2) is 0 Å². The van der Waals surface area contributed by atoms with Gasteiger partial charge in [0, 0.05) is 24.1 Å². The lowest BCUT2D eigenvalue weighted by Crippen LogP contribution is -2.45. The van der Waals surface area contributed by atoms with Gasteiger partial charge in [-0.3, -0.25) is 9.59 Å². The number of methoxy groups -OCH3 is 3. The Bertz CT molecular complexity index is 1170. The zero-order chi connectivity index (χ0) is 25.2. The van der Waals surface area contributed by atoms with Crippen LogP contribution in [0.4, 0.5) is 16.2 Å². The molecule has 3 rings (SSSR count). The Morgan fingerprint density at radius 2 is 1.31 bits per heavy atom. The van der Waals surface area contributed by atoms with Crippen molar-refractivity contribution >= 4 is 29.3 Å². The summed E-state index contributed by atoms with van der Waals surface area (Å²) in [6, 6.07) is 20.2. The lowest BCUT2D eigenvalue weighted by atomic mass is 10.1. The highest BCUT2D eigenvalue weighted by atomic mass is 16.5. The summed E-state index contributed by atoms with van der Waals surface area (Å²) in [5, 5.41) is 8.12. The second-order valence-electron chi connectivity index (χ2n) is 7.44. The zero-order valence-corrected chi connectivity index (χ0v) is 19.7. The predicted octanol–water partition coefficient (Wildman–Crippen LogP) is 3.86. The summed E-state index contributed by atoms with van der Waals surface area (Å²) in [5.74, 6) is -0.210. The molecule has 9 heteroatoms. The van der Waals surface area contributed by atoms with Crippen LogP contribution in [0.2, 0.25) is 0 Å². The number of alkyl carbamates (subject to hydrolysis) is 1. The zero-order valence-electron chi connectivity index (χ0n) is 19.7. The highest BCUT2D eigenvalue weighted by Gasteiger charge is 2.24. The molecule has 0 unspecified atom stereocenters. The van der Waals surface area contributed by atoms with Crippen LogP contribution in [-0.2, 0) is 16.0 Å². The maximum absolute atomic E-state index is 13.1. The number of anilines is 2. The summed E-state index contributed by atoms with van der Waals surface area (Å²) >= 11 is 0. The molecular weight excluding hydrogens is 450 g/mol. The van der Waals surface area contributed by atoms with Crippen molar-refractivity contribution in [2.75, 3.05) is 32.0 Å². The summed E-state index contributed by atoms with van der Waals surface area (Å²) in [6.45, 7) is 0. The first kappa shape index (κ1) is 25.1. The Morgan fingerprint density at radius 1 is 0.771 bits per heavy atom. The Labute approximate surface area is 203 Å². The molecule has 0 heterocycles. The third kappa shape index (κ3) is 6.73. The van der Waals surface area contributed by atoms with Gasteiger partial charge >= 0.3 is 6.09 Å². The molecule has 0 aliphatic rings. The summed E-state index contributed by atoms with van der Waals surface area (Å²) < 4.78 is 15.5. The first-order valence-corrected chi connectivity index (χ1v) is 10.8. The van der Waals surface area contributed by atoms with Gasteiger partial charge in [-0.25, -0.2) is 4.79 Å². The normalized spacial score (nSPS) is 11.1. The molecule has 1 atom stereocenters. The van der Waals surface area contributed by atoms with Crippen molar-refractivity contribution in [1.82, 2.24) is 5.32 Å². The van der Waals surface area contributed by atoms with E-state index in [-0.39, 0.29) is 12.3 Å². The first-order chi connectivity index (χ1) is 16.9. The SMILES string of the molecule is COC(=O)N[C@@H](Cc1ccccc1)C(=O)Nc1cc(OC)c(NC(=O)c2ccccc2)cc1OC. The molecule has 0 spiro atoms. The van der Waals surface area contributed by atoms with Crippen molar-refractivity contribution in [3.63, 3.8) is 0 Å². The minimum Gasteiger partial charge on any atom is -0.494 e. The average molecular weight is 478 g/mol. The summed E-state index contributed by atoms with van der Waals surface area (Å²) in [5.41, 5.74) is 2.00. The standard InChI is InChI=1S/C26H27N3O6/c1-33-22-16-20(23(34-2)15-19(22)27-24(30)18-12-8-5-9-13-18)28-25(31)21(29-26(32)35-3)14-17-10-6-4-7-11-17/h4-13,15-16,21H,14H2,1-3H3,(H,27,30)(H,28,31)(H,29,32)/t21-/m0/s1. The second-order valence-corrected chi connectivity index (χ2v) is 7.44.